The first-order chi connectivity index (χ1) is 8.09. The molecule has 2 heterocycles. The predicted octanol–water partition coefficient (Wildman–Crippen LogP) is 2.18. The second-order valence-electron chi connectivity index (χ2n) is 5.73. The van der Waals surface area contributed by atoms with Gasteiger partial charge in [0.15, 0.2) is 0 Å². The van der Waals surface area contributed by atoms with E-state index in [0.29, 0.717) is 0 Å². The number of nitrogens with one attached hydrogen (secondary N) is 1. The second kappa shape index (κ2) is 5.05. The maximum absolute atomic E-state index is 4.29. The van der Waals surface area contributed by atoms with Gasteiger partial charge in [-0.15, -0.1) is 0 Å². The number of aromatic nitrogens is 1. The molecule has 1 aromatic rings. The van der Waals surface area contributed by atoms with E-state index in [4.69, 9.17) is 0 Å². The summed E-state index contributed by atoms with van der Waals surface area (Å²) in [5, 5.41) is 3.45. The first-order valence-electron chi connectivity index (χ1n) is 6.49. The van der Waals surface area contributed by atoms with Crippen LogP contribution in [0.25, 0.3) is 0 Å². The molecule has 1 aliphatic rings. The summed E-state index contributed by atoms with van der Waals surface area (Å²) in [5.41, 5.74) is 2.86. The quantitative estimate of drug-likeness (QED) is 0.806. The molecule has 0 spiro atoms. The van der Waals surface area contributed by atoms with Crippen LogP contribution in [-0.2, 0) is 5.41 Å². The van der Waals surface area contributed by atoms with Crippen LogP contribution in [-0.4, -0.2) is 31.2 Å². The summed E-state index contributed by atoms with van der Waals surface area (Å²) in [7, 11) is 0. The third-order valence-corrected chi connectivity index (χ3v) is 3.29. The van der Waals surface area contributed by atoms with Crippen LogP contribution in [0.4, 0.5) is 5.69 Å². The van der Waals surface area contributed by atoms with E-state index >= 15 is 0 Å². The highest BCUT2D eigenvalue weighted by atomic mass is 15.2. The highest BCUT2D eigenvalue weighted by Gasteiger charge is 2.21. The van der Waals surface area contributed by atoms with Gasteiger partial charge >= 0.3 is 0 Å². The normalized spacial score (nSPS) is 17.9. The van der Waals surface area contributed by atoms with Crippen LogP contribution in [0.15, 0.2) is 18.5 Å². The SMILES string of the molecule is CC(C)(C)c1cnccc1N1CCCNCC1. The van der Waals surface area contributed by atoms with E-state index in [1.165, 1.54) is 17.7 Å². The molecule has 0 radical (unpaired) electrons. The van der Waals surface area contributed by atoms with Crippen molar-refractivity contribution < 1.29 is 0 Å². The van der Waals surface area contributed by atoms with Crippen molar-refractivity contribution in [2.75, 3.05) is 31.1 Å². The van der Waals surface area contributed by atoms with Gasteiger partial charge in [0, 0.05) is 37.7 Å². The lowest BCUT2D eigenvalue weighted by Gasteiger charge is -2.30. The van der Waals surface area contributed by atoms with Gasteiger partial charge in [-0.2, -0.15) is 0 Å². The number of nitrogens with zero attached hydrogens (tertiary/aromatic N) is 2. The van der Waals surface area contributed by atoms with Crippen molar-refractivity contribution in [1.29, 1.82) is 0 Å². The number of rotatable bonds is 1. The Bertz CT molecular complexity index is 360. The monoisotopic (exact) mass is 233 g/mol. The van der Waals surface area contributed by atoms with Gasteiger partial charge < -0.3 is 10.2 Å². The molecule has 1 N–H and O–H groups in total. The van der Waals surface area contributed by atoms with E-state index in [1.54, 1.807) is 0 Å². The van der Waals surface area contributed by atoms with Crippen molar-refractivity contribution in [2.24, 2.45) is 0 Å². The highest BCUT2D eigenvalue weighted by molar-refractivity contribution is 5.55. The minimum atomic E-state index is 0.156. The Morgan fingerprint density at radius 3 is 2.82 bits per heavy atom. The smallest absolute Gasteiger partial charge is 0.0435 e. The van der Waals surface area contributed by atoms with Gasteiger partial charge in [-0.3, -0.25) is 4.98 Å². The van der Waals surface area contributed by atoms with Crippen molar-refractivity contribution in [2.45, 2.75) is 32.6 Å². The number of hydrogen-bond donors (Lipinski definition) is 1. The van der Waals surface area contributed by atoms with E-state index < -0.39 is 0 Å². The largest absolute Gasteiger partial charge is 0.370 e. The van der Waals surface area contributed by atoms with E-state index in [2.05, 4.69) is 42.0 Å². The molecule has 0 aromatic carbocycles. The van der Waals surface area contributed by atoms with Gasteiger partial charge in [-0.05, 0) is 30.0 Å². The van der Waals surface area contributed by atoms with Crippen LogP contribution in [0.5, 0.6) is 0 Å². The van der Waals surface area contributed by atoms with Crippen molar-refractivity contribution in [3.63, 3.8) is 0 Å². The minimum Gasteiger partial charge on any atom is -0.370 e. The molecule has 1 fully saturated rings. The summed E-state index contributed by atoms with van der Waals surface area (Å²) in [4.78, 5) is 6.78. The predicted molar refractivity (Wildman–Crippen MR) is 72.6 cm³/mol. The molecule has 0 unspecified atom stereocenters. The lowest BCUT2D eigenvalue weighted by Crippen LogP contribution is -2.30. The molecule has 0 saturated carbocycles. The summed E-state index contributed by atoms with van der Waals surface area (Å²) in [5.74, 6) is 0. The molecule has 17 heavy (non-hydrogen) atoms. The van der Waals surface area contributed by atoms with E-state index in [0.717, 1.165) is 26.2 Å². The van der Waals surface area contributed by atoms with Crippen molar-refractivity contribution in [3.05, 3.63) is 24.0 Å². The van der Waals surface area contributed by atoms with Crippen LogP contribution < -0.4 is 10.2 Å². The molecule has 94 valence electrons. The number of anilines is 1. The van der Waals surface area contributed by atoms with Crippen molar-refractivity contribution in [1.82, 2.24) is 10.3 Å². The summed E-state index contributed by atoms with van der Waals surface area (Å²) in [6.07, 6.45) is 5.14. The van der Waals surface area contributed by atoms with Gasteiger partial charge in [-0.1, -0.05) is 20.8 Å². The Hall–Kier alpha value is -1.09. The van der Waals surface area contributed by atoms with Crippen LogP contribution in [0, 0.1) is 0 Å². The summed E-state index contributed by atoms with van der Waals surface area (Å²) < 4.78 is 0. The second-order valence-corrected chi connectivity index (χ2v) is 5.73. The van der Waals surface area contributed by atoms with Gasteiger partial charge in [0.2, 0.25) is 0 Å². The lowest BCUT2D eigenvalue weighted by molar-refractivity contribution is 0.584. The zero-order valence-electron chi connectivity index (χ0n) is 11.2. The molecule has 1 aliphatic heterocycles. The molecule has 1 aromatic heterocycles. The molecule has 1 saturated heterocycles. The van der Waals surface area contributed by atoms with Gasteiger partial charge in [-0.25, -0.2) is 0 Å². The molecule has 0 atom stereocenters. The summed E-state index contributed by atoms with van der Waals surface area (Å²) in [6.45, 7) is 11.2. The molecular formula is C14H23N3. The van der Waals surface area contributed by atoms with Crippen LogP contribution in [0.2, 0.25) is 0 Å². The highest BCUT2D eigenvalue weighted by Crippen LogP contribution is 2.31. The Balaban J connectivity index is 2.30. The molecule has 0 amide bonds. The number of hydrogen-bond acceptors (Lipinski definition) is 3. The van der Waals surface area contributed by atoms with Crippen LogP contribution >= 0.6 is 0 Å². The third-order valence-electron chi connectivity index (χ3n) is 3.29. The number of pyridine rings is 1. The van der Waals surface area contributed by atoms with Gasteiger partial charge in [0.25, 0.3) is 0 Å². The molecule has 3 heteroatoms. The van der Waals surface area contributed by atoms with E-state index in [9.17, 15) is 0 Å². The molecule has 0 bridgehead atoms. The molecular weight excluding hydrogens is 210 g/mol. The molecule has 2 rings (SSSR count). The fraction of sp³-hybridized carbons (Fsp3) is 0.643. The van der Waals surface area contributed by atoms with Crippen LogP contribution in [0.1, 0.15) is 32.8 Å². The maximum atomic E-state index is 4.29. The molecule has 3 nitrogen and oxygen atoms in total. The molecule has 0 aliphatic carbocycles. The third kappa shape index (κ3) is 2.97. The van der Waals surface area contributed by atoms with E-state index in [-0.39, 0.29) is 5.41 Å². The van der Waals surface area contributed by atoms with Crippen LogP contribution in [0.3, 0.4) is 0 Å². The Labute approximate surface area is 104 Å². The first kappa shape index (κ1) is 12.4. The van der Waals surface area contributed by atoms with Gasteiger partial charge in [0.1, 0.15) is 0 Å². The van der Waals surface area contributed by atoms with Crippen molar-refractivity contribution in [3.8, 4) is 0 Å². The fourth-order valence-electron chi connectivity index (χ4n) is 2.33. The van der Waals surface area contributed by atoms with Gasteiger partial charge in [0.05, 0.1) is 0 Å². The Morgan fingerprint density at radius 1 is 1.24 bits per heavy atom. The Morgan fingerprint density at radius 2 is 2.06 bits per heavy atom. The lowest BCUT2D eigenvalue weighted by atomic mass is 9.86. The average Bonchev–Trinajstić information content (AvgIpc) is 2.56. The summed E-state index contributed by atoms with van der Waals surface area (Å²) in [6, 6.07) is 2.16. The minimum absolute atomic E-state index is 0.156. The zero-order chi connectivity index (χ0) is 12.3. The summed E-state index contributed by atoms with van der Waals surface area (Å²) >= 11 is 0. The zero-order valence-corrected chi connectivity index (χ0v) is 11.2. The first-order valence-corrected chi connectivity index (χ1v) is 6.49. The average molecular weight is 233 g/mol. The van der Waals surface area contributed by atoms with E-state index in [1.807, 2.05) is 12.4 Å². The fourth-order valence-corrected chi connectivity index (χ4v) is 2.33. The Kier molecular flexibility index (Phi) is 3.67. The van der Waals surface area contributed by atoms with Crippen molar-refractivity contribution >= 4 is 5.69 Å². The maximum Gasteiger partial charge on any atom is 0.0435 e. The topological polar surface area (TPSA) is 28.2 Å². The standard InChI is InChI=1S/C14H23N3/c1-14(2,3)12-11-16-7-5-13(12)17-9-4-6-15-8-10-17/h5,7,11,15H,4,6,8-10H2,1-3H3.